The van der Waals surface area contributed by atoms with Gasteiger partial charge in [0.2, 0.25) is 5.89 Å². The fraction of sp³-hybridized carbons (Fsp3) is 0.800. The zero-order valence-electron chi connectivity index (χ0n) is 9.72. The maximum absolute atomic E-state index is 5.94. The molecular formula is C10H18N4O2. The molecule has 0 saturated carbocycles. The Bertz CT molecular complexity index is 333. The second-order valence-corrected chi connectivity index (χ2v) is 4.30. The lowest BCUT2D eigenvalue weighted by molar-refractivity contribution is 0.121. The van der Waals surface area contributed by atoms with Crippen molar-refractivity contribution in [2.75, 3.05) is 31.2 Å². The van der Waals surface area contributed by atoms with Gasteiger partial charge in [-0.1, -0.05) is 13.8 Å². The predicted octanol–water partition coefficient (Wildman–Crippen LogP) is 0.562. The summed E-state index contributed by atoms with van der Waals surface area (Å²) in [6, 6.07) is -0.192. The summed E-state index contributed by atoms with van der Waals surface area (Å²) >= 11 is 0. The van der Waals surface area contributed by atoms with E-state index >= 15 is 0 Å². The molecule has 1 aliphatic rings. The van der Waals surface area contributed by atoms with Gasteiger partial charge in [-0.05, 0) is 11.1 Å². The van der Waals surface area contributed by atoms with E-state index in [0.717, 1.165) is 13.1 Å². The van der Waals surface area contributed by atoms with Gasteiger partial charge < -0.3 is 19.9 Å². The third-order valence-corrected chi connectivity index (χ3v) is 2.73. The standard InChI is InChI=1S/C10H18N4O2/c1-7(2)8(11)9-12-10(13-16-9)14-3-5-15-6-4-14/h7-8H,3-6,11H2,1-2H3. The molecule has 90 valence electrons. The molecule has 1 unspecified atom stereocenters. The van der Waals surface area contributed by atoms with Gasteiger partial charge in [0.25, 0.3) is 5.95 Å². The average Bonchev–Trinajstić information content (AvgIpc) is 2.78. The summed E-state index contributed by atoms with van der Waals surface area (Å²) < 4.78 is 10.4. The van der Waals surface area contributed by atoms with Crippen molar-refractivity contribution in [3.05, 3.63) is 5.89 Å². The Balaban J connectivity index is 2.06. The minimum atomic E-state index is -0.192. The first-order chi connectivity index (χ1) is 7.68. The van der Waals surface area contributed by atoms with Crippen LogP contribution in [0, 0.1) is 5.92 Å². The molecule has 0 amide bonds. The summed E-state index contributed by atoms with van der Waals surface area (Å²) in [5, 5.41) is 3.95. The molecule has 1 atom stereocenters. The quantitative estimate of drug-likeness (QED) is 0.811. The van der Waals surface area contributed by atoms with Gasteiger partial charge in [0.1, 0.15) is 0 Å². The van der Waals surface area contributed by atoms with E-state index < -0.39 is 0 Å². The highest BCUT2D eigenvalue weighted by Gasteiger charge is 2.21. The van der Waals surface area contributed by atoms with Gasteiger partial charge in [-0.25, -0.2) is 0 Å². The number of hydrogen-bond acceptors (Lipinski definition) is 6. The van der Waals surface area contributed by atoms with Crippen molar-refractivity contribution in [3.63, 3.8) is 0 Å². The molecule has 0 aromatic carbocycles. The van der Waals surface area contributed by atoms with Crippen LogP contribution in [0.1, 0.15) is 25.8 Å². The van der Waals surface area contributed by atoms with Gasteiger partial charge in [-0.15, -0.1) is 0 Å². The first-order valence-electron chi connectivity index (χ1n) is 5.60. The van der Waals surface area contributed by atoms with Gasteiger partial charge in [0, 0.05) is 13.1 Å². The molecule has 6 heteroatoms. The van der Waals surface area contributed by atoms with Crippen LogP contribution in [0.2, 0.25) is 0 Å². The molecule has 2 N–H and O–H groups in total. The van der Waals surface area contributed by atoms with E-state index in [-0.39, 0.29) is 12.0 Å². The number of nitrogens with two attached hydrogens (primary N) is 1. The van der Waals surface area contributed by atoms with E-state index in [2.05, 4.69) is 10.1 Å². The Hall–Kier alpha value is -1.14. The topological polar surface area (TPSA) is 77.4 Å². The molecular weight excluding hydrogens is 208 g/mol. The van der Waals surface area contributed by atoms with Gasteiger partial charge in [0.05, 0.1) is 19.3 Å². The highest BCUT2D eigenvalue weighted by atomic mass is 16.5. The lowest BCUT2D eigenvalue weighted by Gasteiger charge is -2.24. The van der Waals surface area contributed by atoms with Crippen molar-refractivity contribution < 1.29 is 9.26 Å². The van der Waals surface area contributed by atoms with E-state index in [9.17, 15) is 0 Å². The lowest BCUT2D eigenvalue weighted by atomic mass is 10.1. The minimum absolute atomic E-state index is 0.192. The van der Waals surface area contributed by atoms with Crippen LogP contribution in [-0.4, -0.2) is 36.4 Å². The fourth-order valence-corrected chi connectivity index (χ4v) is 1.54. The number of anilines is 1. The smallest absolute Gasteiger partial charge is 0.266 e. The number of nitrogens with zero attached hydrogens (tertiary/aromatic N) is 3. The second-order valence-electron chi connectivity index (χ2n) is 4.30. The maximum Gasteiger partial charge on any atom is 0.266 e. The first-order valence-corrected chi connectivity index (χ1v) is 5.60. The maximum atomic E-state index is 5.94. The van der Waals surface area contributed by atoms with Crippen molar-refractivity contribution in [1.82, 2.24) is 10.1 Å². The van der Waals surface area contributed by atoms with Crippen LogP contribution in [0.15, 0.2) is 4.52 Å². The molecule has 6 nitrogen and oxygen atoms in total. The van der Waals surface area contributed by atoms with Crippen molar-refractivity contribution in [1.29, 1.82) is 0 Å². The SMILES string of the molecule is CC(C)C(N)c1nc(N2CCOCC2)no1. The molecule has 1 fully saturated rings. The van der Waals surface area contributed by atoms with Crippen molar-refractivity contribution in [3.8, 4) is 0 Å². The lowest BCUT2D eigenvalue weighted by Crippen LogP contribution is -2.36. The second kappa shape index (κ2) is 4.80. The molecule has 0 radical (unpaired) electrons. The third-order valence-electron chi connectivity index (χ3n) is 2.73. The summed E-state index contributed by atoms with van der Waals surface area (Å²) in [5.74, 6) is 1.42. The Labute approximate surface area is 94.7 Å². The molecule has 1 aromatic rings. The molecule has 0 aliphatic carbocycles. The van der Waals surface area contributed by atoms with Crippen LogP contribution < -0.4 is 10.6 Å². The zero-order valence-corrected chi connectivity index (χ0v) is 9.72. The number of morpholine rings is 1. The van der Waals surface area contributed by atoms with Crippen LogP contribution in [0.4, 0.5) is 5.95 Å². The third kappa shape index (κ3) is 2.33. The van der Waals surface area contributed by atoms with E-state index in [1.165, 1.54) is 0 Å². The minimum Gasteiger partial charge on any atom is -0.378 e. The summed E-state index contributed by atoms with van der Waals surface area (Å²) in [7, 11) is 0. The molecule has 16 heavy (non-hydrogen) atoms. The van der Waals surface area contributed by atoms with Gasteiger partial charge in [-0.2, -0.15) is 4.98 Å². The molecule has 0 spiro atoms. The highest BCUT2D eigenvalue weighted by molar-refractivity contribution is 5.28. The fourth-order valence-electron chi connectivity index (χ4n) is 1.54. The average molecular weight is 226 g/mol. The van der Waals surface area contributed by atoms with Crippen LogP contribution in [0.3, 0.4) is 0 Å². The van der Waals surface area contributed by atoms with Crippen molar-refractivity contribution >= 4 is 5.95 Å². The number of ether oxygens (including phenoxy) is 1. The van der Waals surface area contributed by atoms with Crippen LogP contribution >= 0.6 is 0 Å². The van der Waals surface area contributed by atoms with E-state index in [0.29, 0.717) is 25.1 Å². The molecule has 1 aromatic heterocycles. The van der Waals surface area contributed by atoms with Crippen LogP contribution in [0.5, 0.6) is 0 Å². The molecule has 1 saturated heterocycles. The monoisotopic (exact) mass is 226 g/mol. The molecule has 1 aliphatic heterocycles. The van der Waals surface area contributed by atoms with Crippen molar-refractivity contribution in [2.45, 2.75) is 19.9 Å². The Morgan fingerprint density at radius 3 is 2.62 bits per heavy atom. The Kier molecular flexibility index (Phi) is 3.40. The van der Waals surface area contributed by atoms with Crippen LogP contribution in [-0.2, 0) is 4.74 Å². The van der Waals surface area contributed by atoms with E-state index in [1.54, 1.807) is 0 Å². The van der Waals surface area contributed by atoms with Crippen LogP contribution in [0.25, 0.3) is 0 Å². The molecule has 2 rings (SSSR count). The molecule has 2 heterocycles. The summed E-state index contributed by atoms with van der Waals surface area (Å²) in [5.41, 5.74) is 5.94. The number of rotatable bonds is 3. The van der Waals surface area contributed by atoms with E-state index in [4.69, 9.17) is 15.0 Å². The summed E-state index contributed by atoms with van der Waals surface area (Å²) in [6.07, 6.45) is 0. The van der Waals surface area contributed by atoms with Gasteiger partial charge in [-0.3, -0.25) is 0 Å². The van der Waals surface area contributed by atoms with Gasteiger partial charge >= 0.3 is 0 Å². The van der Waals surface area contributed by atoms with E-state index in [1.807, 2.05) is 18.7 Å². The summed E-state index contributed by atoms with van der Waals surface area (Å²) in [4.78, 5) is 6.37. The largest absolute Gasteiger partial charge is 0.378 e. The Morgan fingerprint density at radius 1 is 1.31 bits per heavy atom. The molecule has 0 bridgehead atoms. The number of hydrogen-bond donors (Lipinski definition) is 1. The van der Waals surface area contributed by atoms with Gasteiger partial charge in [0.15, 0.2) is 0 Å². The normalized spacial score (nSPS) is 19.1. The van der Waals surface area contributed by atoms with Crippen molar-refractivity contribution in [2.24, 2.45) is 11.7 Å². The first kappa shape index (κ1) is 11.3. The predicted molar refractivity (Wildman–Crippen MR) is 59.1 cm³/mol. The number of aromatic nitrogens is 2. The Morgan fingerprint density at radius 2 is 2.00 bits per heavy atom. The summed E-state index contributed by atoms with van der Waals surface area (Å²) in [6.45, 7) is 7.08. The zero-order chi connectivity index (χ0) is 11.5. The highest BCUT2D eigenvalue weighted by Crippen LogP contribution is 2.19.